The van der Waals surface area contributed by atoms with E-state index in [1.54, 1.807) is 0 Å². The fourth-order valence-electron chi connectivity index (χ4n) is 2.37. The predicted molar refractivity (Wildman–Crippen MR) is 75.1 cm³/mol. The maximum Gasteiger partial charge on any atom is 0.418 e. The third-order valence-corrected chi connectivity index (χ3v) is 3.75. The van der Waals surface area contributed by atoms with Crippen molar-refractivity contribution in [3.8, 4) is 0 Å². The second kappa shape index (κ2) is 6.37. The molecule has 1 N–H and O–H groups in total. The molecular weight excluding hydrogens is 297 g/mol. The number of piperidine rings is 1. The molecule has 1 heterocycles. The Morgan fingerprint density at radius 1 is 1.18 bits per heavy atom. The summed E-state index contributed by atoms with van der Waals surface area (Å²) in [5.41, 5.74) is -1.37. The van der Waals surface area contributed by atoms with Crippen LogP contribution < -0.4 is 5.32 Å². The molecule has 4 nitrogen and oxygen atoms in total. The lowest BCUT2D eigenvalue weighted by Gasteiger charge is -2.29. The molecular formula is C15H17F3N2O2. The summed E-state index contributed by atoms with van der Waals surface area (Å²) in [6.07, 6.45) is -3.01. The van der Waals surface area contributed by atoms with E-state index >= 15 is 0 Å². The Kier molecular flexibility index (Phi) is 4.73. The normalized spacial score (nSPS) is 16.5. The second-order valence-electron chi connectivity index (χ2n) is 5.47. The van der Waals surface area contributed by atoms with Crippen molar-refractivity contribution in [1.82, 2.24) is 4.90 Å². The third kappa shape index (κ3) is 3.78. The Balaban J connectivity index is 2.08. The van der Waals surface area contributed by atoms with Crippen molar-refractivity contribution >= 4 is 17.5 Å². The van der Waals surface area contributed by atoms with E-state index in [2.05, 4.69) is 12.2 Å². The van der Waals surface area contributed by atoms with Gasteiger partial charge in [-0.25, -0.2) is 0 Å². The van der Waals surface area contributed by atoms with Gasteiger partial charge in [0.15, 0.2) is 0 Å². The largest absolute Gasteiger partial charge is 0.418 e. The number of nitrogens with zero attached hydrogens (tertiary/aromatic N) is 1. The molecule has 0 aromatic heterocycles. The monoisotopic (exact) mass is 314 g/mol. The Morgan fingerprint density at radius 3 is 2.36 bits per heavy atom. The van der Waals surface area contributed by atoms with Gasteiger partial charge in [0.2, 0.25) is 0 Å². The summed E-state index contributed by atoms with van der Waals surface area (Å²) < 4.78 is 38.6. The minimum Gasteiger partial charge on any atom is -0.334 e. The van der Waals surface area contributed by atoms with Crippen molar-refractivity contribution < 1.29 is 22.8 Å². The van der Waals surface area contributed by atoms with Gasteiger partial charge < -0.3 is 10.2 Å². The highest BCUT2D eigenvalue weighted by atomic mass is 19.4. The number of rotatable bonds is 1. The Bertz CT molecular complexity index is 564. The van der Waals surface area contributed by atoms with Crippen LogP contribution in [-0.4, -0.2) is 29.8 Å². The highest BCUT2D eigenvalue weighted by molar-refractivity contribution is 6.39. The first-order chi connectivity index (χ1) is 10.3. The summed E-state index contributed by atoms with van der Waals surface area (Å²) in [5.74, 6) is -1.34. The van der Waals surface area contributed by atoms with Gasteiger partial charge in [0.25, 0.3) is 0 Å². The van der Waals surface area contributed by atoms with Gasteiger partial charge in [-0.1, -0.05) is 19.1 Å². The number of nitrogens with one attached hydrogen (secondary N) is 1. The van der Waals surface area contributed by atoms with Crippen LogP contribution in [0.25, 0.3) is 0 Å². The molecule has 0 atom stereocenters. The molecule has 0 spiro atoms. The smallest absolute Gasteiger partial charge is 0.334 e. The third-order valence-electron chi connectivity index (χ3n) is 3.75. The first-order valence-corrected chi connectivity index (χ1v) is 7.05. The Hall–Kier alpha value is -2.05. The molecule has 1 aliphatic heterocycles. The molecule has 1 saturated heterocycles. The zero-order valence-corrected chi connectivity index (χ0v) is 12.1. The van der Waals surface area contributed by atoms with E-state index in [1.165, 1.54) is 17.0 Å². The van der Waals surface area contributed by atoms with Gasteiger partial charge in [-0.05, 0) is 30.9 Å². The van der Waals surface area contributed by atoms with E-state index in [1.807, 2.05) is 0 Å². The van der Waals surface area contributed by atoms with Gasteiger partial charge >= 0.3 is 18.0 Å². The fourth-order valence-corrected chi connectivity index (χ4v) is 2.37. The highest BCUT2D eigenvalue weighted by Gasteiger charge is 2.34. The molecule has 1 aromatic carbocycles. The van der Waals surface area contributed by atoms with Gasteiger partial charge in [-0.2, -0.15) is 13.2 Å². The lowest BCUT2D eigenvalue weighted by molar-refractivity contribution is -0.144. The molecule has 0 saturated carbocycles. The summed E-state index contributed by atoms with van der Waals surface area (Å²) in [5, 5.41) is 2.08. The van der Waals surface area contributed by atoms with Crippen LogP contribution in [0, 0.1) is 5.92 Å². The lowest BCUT2D eigenvalue weighted by atomic mass is 9.99. The number of benzene rings is 1. The second-order valence-corrected chi connectivity index (χ2v) is 5.47. The average molecular weight is 314 g/mol. The van der Waals surface area contributed by atoms with Crippen LogP contribution >= 0.6 is 0 Å². The van der Waals surface area contributed by atoms with Crippen LogP contribution in [0.4, 0.5) is 18.9 Å². The van der Waals surface area contributed by atoms with Gasteiger partial charge in [0, 0.05) is 13.1 Å². The first-order valence-electron chi connectivity index (χ1n) is 7.05. The molecule has 1 aromatic rings. The van der Waals surface area contributed by atoms with Crippen LogP contribution in [0.3, 0.4) is 0 Å². The Labute approximate surface area is 126 Å². The van der Waals surface area contributed by atoms with E-state index < -0.39 is 29.2 Å². The van der Waals surface area contributed by atoms with Gasteiger partial charge in [0.1, 0.15) is 0 Å². The number of para-hydroxylation sites is 1. The number of alkyl halides is 3. The number of amides is 2. The first kappa shape index (κ1) is 16.3. The maximum atomic E-state index is 12.9. The predicted octanol–water partition coefficient (Wildman–Crippen LogP) is 2.90. The van der Waals surface area contributed by atoms with Crippen LogP contribution in [0.1, 0.15) is 25.3 Å². The molecule has 120 valence electrons. The molecule has 0 aliphatic carbocycles. The minimum atomic E-state index is -4.59. The van der Waals surface area contributed by atoms with Crippen molar-refractivity contribution in [3.05, 3.63) is 29.8 Å². The van der Waals surface area contributed by atoms with Crippen LogP contribution in [0.5, 0.6) is 0 Å². The molecule has 1 fully saturated rings. The zero-order chi connectivity index (χ0) is 16.3. The SMILES string of the molecule is CC1CCN(C(=O)C(=O)Nc2ccccc2C(F)(F)F)CC1. The van der Waals surface area contributed by atoms with Gasteiger partial charge in [0.05, 0.1) is 11.3 Å². The summed E-state index contributed by atoms with van der Waals surface area (Å²) in [7, 11) is 0. The summed E-state index contributed by atoms with van der Waals surface area (Å²) >= 11 is 0. The topological polar surface area (TPSA) is 49.4 Å². The fraction of sp³-hybridized carbons (Fsp3) is 0.467. The summed E-state index contributed by atoms with van der Waals surface area (Å²) in [6.45, 7) is 2.96. The van der Waals surface area contributed by atoms with E-state index in [0.717, 1.165) is 25.0 Å². The van der Waals surface area contributed by atoms with Crippen molar-refractivity contribution in [3.63, 3.8) is 0 Å². The number of anilines is 1. The van der Waals surface area contributed by atoms with E-state index in [4.69, 9.17) is 0 Å². The van der Waals surface area contributed by atoms with Gasteiger partial charge in [-0.15, -0.1) is 0 Å². The van der Waals surface area contributed by atoms with E-state index in [-0.39, 0.29) is 0 Å². The molecule has 2 amide bonds. The van der Waals surface area contributed by atoms with Crippen molar-refractivity contribution in [2.45, 2.75) is 25.9 Å². The molecule has 0 radical (unpaired) electrons. The molecule has 22 heavy (non-hydrogen) atoms. The number of carbonyl (C=O) groups is 2. The molecule has 0 bridgehead atoms. The Morgan fingerprint density at radius 2 is 1.77 bits per heavy atom. The van der Waals surface area contributed by atoms with Crippen LogP contribution in [0.15, 0.2) is 24.3 Å². The maximum absolute atomic E-state index is 12.9. The van der Waals surface area contributed by atoms with Crippen molar-refractivity contribution in [2.24, 2.45) is 5.92 Å². The number of likely N-dealkylation sites (tertiary alicyclic amines) is 1. The molecule has 2 rings (SSSR count). The zero-order valence-electron chi connectivity index (χ0n) is 12.1. The van der Waals surface area contributed by atoms with Crippen molar-refractivity contribution in [1.29, 1.82) is 0 Å². The lowest BCUT2D eigenvalue weighted by Crippen LogP contribution is -2.44. The summed E-state index contributed by atoms with van der Waals surface area (Å²) in [6, 6.07) is 4.60. The highest BCUT2D eigenvalue weighted by Crippen LogP contribution is 2.34. The molecule has 1 aliphatic rings. The minimum absolute atomic E-state index is 0.404. The number of carbonyl (C=O) groups excluding carboxylic acids is 2. The number of hydrogen-bond acceptors (Lipinski definition) is 2. The van der Waals surface area contributed by atoms with Gasteiger partial charge in [-0.3, -0.25) is 9.59 Å². The number of hydrogen-bond donors (Lipinski definition) is 1. The summed E-state index contributed by atoms with van der Waals surface area (Å²) in [4.78, 5) is 25.3. The van der Waals surface area contributed by atoms with E-state index in [9.17, 15) is 22.8 Å². The van der Waals surface area contributed by atoms with E-state index in [0.29, 0.717) is 19.0 Å². The van der Waals surface area contributed by atoms with Crippen LogP contribution in [-0.2, 0) is 15.8 Å². The molecule has 7 heteroatoms. The molecule has 0 unspecified atom stereocenters. The standard InChI is InChI=1S/C15H17F3N2O2/c1-10-6-8-20(9-7-10)14(22)13(21)19-12-5-3-2-4-11(12)15(16,17)18/h2-5,10H,6-9H2,1H3,(H,19,21). The van der Waals surface area contributed by atoms with Crippen LogP contribution in [0.2, 0.25) is 0 Å². The quantitative estimate of drug-likeness (QED) is 0.810. The number of halogens is 3. The van der Waals surface area contributed by atoms with Crippen molar-refractivity contribution in [2.75, 3.05) is 18.4 Å². The average Bonchev–Trinajstić information content (AvgIpc) is 2.46.